The highest BCUT2D eigenvalue weighted by Crippen LogP contribution is 2.18. The Morgan fingerprint density at radius 3 is 2.76 bits per heavy atom. The van der Waals surface area contributed by atoms with Gasteiger partial charge in [0.1, 0.15) is 17.6 Å². The van der Waals surface area contributed by atoms with E-state index in [2.05, 4.69) is 5.32 Å². The minimum atomic E-state index is -0.628. The molecular weight excluding hydrogens is 273 g/mol. The number of hydrogen-bond acceptors (Lipinski definition) is 3. The van der Waals surface area contributed by atoms with Gasteiger partial charge in [0.05, 0.1) is 12.9 Å². The lowest BCUT2D eigenvalue weighted by molar-refractivity contribution is -0.117. The standard InChI is InChI=1S/C16H16FNO3/c1-11(12-5-2-3-6-13(12)17)9-16(20)18-14(10-19)15-7-4-8-21-15/h2-9,14,19H,10H2,1H3,(H,18,20)/b11-9-. The molecule has 21 heavy (non-hydrogen) atoms. The molecule has 1 atom stereocenters. The van der Waals surface area contributed by atoms with Crippen molar-refractivity contribution in [2.45, 2.75) is 13.0 Å². The highest BCUT2D eigenvalue weighted by atomic mass is 19.1. The van der Waals surface area contributed by atoms with Crippen LogP contribution in [0.15, 0.2) is 53.2 Å². The number of carbonyl (C=O) groups is 1. The Bertz CT molecular complexity index is 635. The molecule has 2 rings (SSSR count). The van der Waals surface area contributed by atoms with Gasteiger partial charge in [0, 0.05) is 11.6 Å². The molecule has 0 aliphatic rings. The predicted molar refractivity (Wildman–Crippen MR) is 76.7 cm³/mol. The van der Waals surface area contributed by atoms with Crippen molar-refractivity contribution in [2.75, 3.05) is 6.61 Å². The summed E-state index contributed by atoms with van der Waals surface area (Å²) in [4.78, 5) is 11.9. The van der Waals surface area contributed by atoms with Gasteiger partial charge in [-0.2, -0.15) is 0 Å². The molecule has 0 saturated carbocycles. The molecular formula is C16H16FNO3. The van der Waals surface area contributed by atoms with Crippen molar-refractivity contribution in [3.8, 4) is 0 Å². The topological polar surface area (TPSA) is 62.5 Å². The van der Waals surface area contributed by atoms with Crippen molar-refractivity contribution in [3.63, 3.8) is 0 Å². The highest BCUT2D eigenvalue weighted by Gasteiger charge is 2.15. The summed E-state index contributed by atoms with van der Waals surface area (Å²) in [7, 11) is 0. The second kappa shape index (κ2) is 6.85. The van der Waals surface area contributed by atoms with Crippen LogP contribution in [0.2, 0.25) is 0 Å². The lowest BCUT2D eigenvalue weighted by Gasteiger charge is -2.12. The van der Waals surface area contributed by atoms with E-state index < -0.39 is 11.9 Å². The van der Waals surface area contributed by atoms with Crippen LogP contribution in [-0.4, -0.2) is 17.6 Å². The first kappa shape index (κ1) is 15.0. The molecule has 0 bridgehead atoms. The van der Waals surface area contributed by atoms with E-state index >= 15 is 0 Å². The van der Waals surface area contributed by atoms with Crippen LogP contribution < -0.4 is 5.32 Å². The molecule has 0 aliphatic heterocycles. The van der Waals surface area contributed by atoms with E-state index in [4.69, 9.17) is 4.42 Å². The number of aliphatic hydroxyl groups excluding tert-OH is 1. The minimum absolute atomic E-state index is 0.286. The van der Waals surface area contributed by atoms with Gasteiger partial charge in [0.25, 0.3) is 0 Å². The number of nitrogens with one attached hydrogen (secondary N) is 1. The maximum atomic E-state index is 13.6. The summed E-state index contributed by atoms with van der Waals surface area (Å²) >= 11 is 0. The fourth-order valence-electron chi connectivity index (χ4n) is 1.97. The molecule has 1 amide bonds. The van der Waals surface area contributed by atoms with Crippen LogP contribution in [0.5, 0.6) is 0 Å². The molecule has 110 valence electrons. The monoisotopic (exact) mass is 289 g/mol. The molecule has 1 aromatic heterocycles. The third kappa shape index (κ3) is 3.79. The first-order chi connectivity index (χ1) is 10.1. The molecule has 0 radical (unpaired) electrons. The molecule has 1 unspecified atom stereocenters. The number of rotatable bonds is 5. The van der Waals surface area contributed by atoms with E-state index in [1.165, 1.54) is 18.4 Å². The van der Waals surface area contributed by atoms with Gasteiger partial charge in [0.15, 0.2) is 0 Å². The largest absolute Gasteiger partial charge is 0.467 e. The number of amides is 1. The average Bonchev–Trinajstić information content (AvgIpc) is 2.99. The van der Waals surface area contributed by atoms with E-state index in [0.717, 1.165) is 0 Å². The number of aliphatic hydroxyl groups is 1. The van der Waals surface area contributed by atoms with Gasteiger partial charge in [-0.1, -0.05) is 18.2 Å². The Kier molecular flexibility index (Phi) is 4.90. The number of allylic oxidation sites excluding steroid dienone is 1. The van der Waals surface area contributed by atoms with Crippen LogP contribution in [0.4, 0.5) is 4.39 Å². The Morgan fingerprint density at radius 2 is 2.14 bits per heavy atom. The zero-order chi connectivity index (χ0) is 15.2. The highest BCUT2D eigenvalue weighted by molar-refractivity contribution is 5.95. The molecule has 0 saturated heterocycles. The van der Waals surface area contributed by atoms with Crippen LogP contribution in [0.25, 0.3) is 5.57 Å². The maximum absolute atomic E-state index is 13.6. The molecule has 5 heteroatoms. The molecule has 1 aromatic carbocycles. The van der Waals surface area contributed by atoms with Crippen LogP contribution in [0.3, 0.4) is 0 Å². The zero-order valence-corrected chi connectivity index (χ0v) is 11.5. The van der Waals surface area contributed by atoms with Crippen molar-refractivity contribution >= 4 is 11.5 Å². The smallest absolute Gasteiger partial charge is 0.244 e. The lowest BCUT2D eigenvalue weighted by Crippen LogP contribution is -2.29. The quantitative estimate of drug-likeness (QED) is 0.832. The third-order valence-electron chi connectivity index (χ3n) is 3.03. The minimum Gasteiger partial charge on any atom is -0.467 e. The van der Waals surface area contributed by atoms with E-state index in [0.29, 0.717) is 16.9 Å². The van der Waals surface area contributed by atoms with E-state index in [-0.39, 0.29) is 12.4 Å². The van der Waals surface area contributed by atoms with E-state index in [9.17, 15) is 14.3 Å². The third-order valence-corrected chi connectivity index (χ3v) is 3.03. The Morgan fingerprint density at radius 1 is 1.38 bits per heavy atom. The van der Waals surface area contributed by atoms with Gasteiger partial charge in [-0.05, 0) is 30.7 Å². The number of carbonyl (C=O) groups excluding carboxylic acids is 1. The van der Waals surface area contributed by atoms with Crippen molar-refractivity contribution in [3.05, 3.63) is 65.9 Å². The normalized spacial score (nSPS) is 13.0. The predicted octanol–water partition coefficient (Wildman–Crippen LogP) is 2.67. The SMILES string of the molecule is C/C(=C/C(=O)NC(CO)c1ccco1)c1ccccc1F. The second-order valence-electron chi connectivity index (χ2n) is 4.57. The molecule has 0 fully saturated rings. The van der Waals surface area contributed by atoms with Crippen molar-refractivity contribution < 1.29 is 18.7 Å². The molecule has 1 heterocycles. The average molecular weight is 289 g/mol. The van der Waals surface area contributed by atoms with Gasteiger partial charge in [0.2, 0.25) is 5.91 Å². The van der Waals surface area contributed by atoms with Crippen molar-refractivity contribution in [1.29, 1.82) is 0 Å². The lowest BCUT2D eigenvalue weighted by atomic mass is 10.1. The number of benzene rings is 1. The van der Waals surface area contributed by atoms with Crippen LogP contribution >= 0.6 is 0 Å². The fraction of sp³-hybridized carbons (Fsp3) is 0.188. The summed E-state index contributed by atoms with van der Waals surface area (Å²) in [5, 5.41) is 11.9. The Hall–Kier alpha value is -2.40. The second-order valence-corrected chi connectivity index (χ2v) is 4.57. The maximum Gasteiger partial charge on any atom is 0.244 e. The summed E-state index contributed by atoms with van der Waals surface area (Å²) in [6.45, 7) is 1.37. The Balaban J connectivity index is 2.10. The molecule has 0 aliphatic carbocycles. The van der Waals surface area contributed by atoms with Crippen LogP contribution in [-0.2, 0) is 4.79 Å². The van der Waals surface area contributed by atoms with Gasteiger partial charge in [-0.25, -0.2) is 4.39 Å². The summed E-state index contributed by atoms with van der Waals surface area (Å²) in [5.41, 5.74) is 0.868. The number of furan rings is 1. The summed E-state index contributed by atoms with van der Waals surface area (Å²) in [6.07, 6.45) is 2.76. The fourth-order valence-corrected chi connectivity index (χ4v) is 1.97. The van der Waals surface area contributed by atoms with Gasteiger partial charge >= 0.3 is 0 Å². The van der Waals surface area contributed by atoms with Crippen LogP contribution in [0, 0.1) is 5.82 Å². The summed E-state index contributed by atoms with van der Waals surface area (Å²) < 4.78 is 18.8. The number of hydrogen-bond donors (Lipinski definition) is 2. The van der Waals surface area contributed by atoms with E-state index in [1.807, 2.05) is 0 Å². The Labute approximate surface area is 121 Å². The first-order valence-electron chi connectivity index (χ1n) is 6.49. The number of halogens is 1. The summed E-state index contributed by atoms with van der Waals surface area (Å²) in [5.74, 6) is -0.349. The van der Waals surface area contributed by atoms with Gasteiger partial charge < -0.3 is 14.8 Å². The van der Waals surface area contributed by atoms with Crippen LogP contribution in [0.1, 0.15) is 24.3 Å². The van der Waals surface area contributed by atoms with Gasteiger partial charge in [-0.3, -0.25) is 4.79 Å². The van der Waals surface area contributed by atoms with Crippen molar-refractivity contribution in [1.82, 2.24) is 5.32 Å². The summed E-state index contributed by atoms with van der Waals surface area (Å²) in [6, 6.07) is 8.93. The molecule has 0 spiro atoms. The molecule has 4 nitrogen and oxygen atoms in total. The van der Waals surface area contributed by atoms with E-state index in [1.54, 1.807) is 37.3 Å². The first-order valence-corrected chi connectivity index (χ1v) is 6.49. The van der Waals surface area contributed by atoms with Gasteiger partial charge in [-0.15, -0.1) is 0 Å². The van der Waals surface area contributed by atoms with Crippen molar-refractivity contribution in [2.24, 2.45) is 0 Å². The molecule has 2 N–H and O–H groups in total. The zero-order valence-electron chi connectivity index (χ0n) is 11.5. The molecule has 2 aromatic rings.